The van der Waals surface area contributed by atoms with Crippen LogP contribution in [0, 0.1) is 6.92 Å². The van der Waals surface area contributed by atoms with Gasteiger partial charge in [-0.05, 0) is 37.1 Å². The van der Waals surface area contributed by atoms with Gasteiger partial charge < -0.3 is 5.32 Å². The second kappa shape index (κ2) is 7.07. The van der Waals surface area contributed by atoms with Crippen LogP contribution >= 0.6 is 12.4 Å². The normalized spacial score (nSPS) is 10.8. The lowest BCUT2D eigenvalue weighted by molar-refractivity contribution is 0.775. The monoisotopic (exact) mass is 353 g/mol. The van der Waals surface area contributed by atoms with Crippen molar-refractivity contribution in [3.63, 3.8) is 0 Å². The Labute approximate surface area is 152 Å². The molecule has 0 aliphatic carbocycles. The van der Waals surface area contributed by atoms with Gasteiger partial charge in [-0.3, -0.25) is 9.67 Å². The standard InChI is InChI=1S/C19H19N5.ClH/c1-13-17-18(21-12-9-14-7-10-20-11-8-14)15-5-3-4-6-16(15)22-19(17)24(2)23-13;/h3-8,10-11H,9,12H2,1-2H3,(H,21,22);1H. The first kappa shape index (κ1) is 17.2. The first-order chi connectivity index (χ1) is 11.7. The number of anilines is 1. The largest absolute Gasteiger partial charge is 0.384 e. The number of fused-ring (bicyclic) bond motifs is 2. The van der Waals surface area contributed by atoms with Crippen molar-refractivity contribution >= 4 is 40.0 Å². The number of para-hydroxylation sites is 1. The molecule has 0 atom stereocenters. The van der Waals surface area contributed by atoms with Crippen molar-refractivity contribution in [2.24, 2.45) is 7.05 Å². The minimum Gasteiger partial charge on any atom is -0.384 e. The second-order valence-electron chi connectivity index (χ2n) is 5.94. The van der Waals surface area contributed by atoms with Gasteiger partial charge in [0, 0.05) is 31.4 Å². The molecule has 0 saturated heterocycles. The lowest BCUT2D eigenvalue weighted by atomic mass is 10.1. The summed E-state index contributed by atoms with van der Waals surface area (Å²) in [6.45, 7) is 2.88. The van der Waals surface area contributed by atoms with Crippen LogP contribution in [0.25, 0.3) is 21.9 Å². The van der Waals surface area contributed by atoms with E-state index in [-0.39, 0.29) is 12.4 Å². The second-order valence-corrected chi connectivity index (χ2v) is 5.94. The smallest absolute Gasteiger partial charge is 0.160 e. The van der Waals surface area contributed by atoms with Crippen LogP contribution in [0.2, 0.25) is 0 Å². The zero-order valence-electron chi connectivity index (χ0n) is 14.2. The molecule has 0 radical (unpaired) electrons. The summed E-state index contributed by atoms with van der Waals surface area (Å²) in [5, 5.41) is 10.4. The highest BCUT2D eigenvalue weighted by Crippen LogP contribution is 2.32. The third kappa shape index (κ3) is 3.15. The van der Waals surface area contributed by atoms with Gasteiger partial charge >= 0.3 is 0 Å². The van der Waals surface area contributed by atoms with E-state index in [1.165, 1.54) is 5.56 Å². The molecule has 0 unspecified atom stereocenters. The van der Waals surface area contributed by atoms with E-state index in [9.17, 15) is 0 Å². The quantitative estimate of drug-likeness (QED) is 0.604. The summed E-state index contributed by atoms with van der Waals surface area (Å²) in [4.78, 5) is 8.85. The van der Waals surface area contributed by atoms with Crippen LogP contribution in [-0.4, -0.2) is 26.3 Å². The molecule has 0 spiro atoms. The Balaban J connectivity index is 0.00000182. The number of hydrogen-bond acceptors (Lipinski definition) is 4. The molecule has 3 heterocycles. The highest BCUT2D eigenvalue weighted by molar-refractivity contribution is 6.07. The van der Waals surface area contributed by atoms with Gasteiger partial charge in [-0.1, -0.05) is 18.2 Å². The Hall–Kier alpha value is -2.66. The molecule has 6 heteroatoms. The predicted molar refractivity (Wildman–Crippen MR) is 104 cm³/mol. The minimum absolute atomic E-state index is 0. The summed E-state index contributed by atoms with van der Waals surface area (Å²) in [6.07, 6.45) is 4.61. The van der Waals surface area contributed by atoms with Crippen LogP contribution < -0.4 is 5.32 Å². The summed E-state index contributed by atoms with van der Waals surface area (Å²) in [5.74, 6) is 0. The van der Waals surface area contributed by atoms with Gasteiger partial charge in [0.25, 0.3) is 0 Å². The van der Waals surface area contributed by atoms with Crippen molar-refractivity contribution < 1.29 is 0 Å². The van der Waals surface area contributed by atoms with Gasteiger partial charge in [-0.15, -0.1) is 12.4 Å². The number of halogens is 1. The molecule has 4 aromatic rings. The molecular formula is C19H20ClN5. The lowest BCUT2D eigenvalue weighted by Crippen LogP contribution is -2.06. The molecule has 4 rings (SSSR count). The zero-order chi connectivity index (χ0) is 16.5. The Morgan fingerprint density at radius 2 is 1.84 bits per heavy atom. The van der Waals surface area contributed by atoms with Gasteiger partial charge in [0.2, 0.25) is 0 Å². The fourth-order valence-corrected chi connectivity index (χ4v) is 3.16. The van der Waals surface area contributed by atoms with E-state index in [0.29, 0.717) is 0 Å². The van der Waals surface area contributed by atoms with E-state index in [0.717, 1.165) is 46.3 Å². The molecule has 3 aromatic heterocycles. The van der Waals surface area contributed by atoms with Crippen LogP contribution in [0.1, 0.15) is 11.3 Å². The van der Waals surface area contributed by atoms with Crippen molar-refractivity contribution in [3.8, 4) is 0 Å². The van der Waals surface area contributed by atoms with Crippen molar-refractivity contribution in [2.75, 3.05) is 11.9 Å². The SMILES string of the molecule is Cc1nn(C)c2nc3ccccc3c(NCCc3ccncc3)c12.Cl. The van der Waals surface area contributed by atoms with Crippen molar-refractivity contribution in [3.05, 3.63) is 60.0 Å². The van der Waals surface area contributed by atoms with Gasteiger partial charge in [-0.2, -0.15) is 5.10 Å². The fraction of sp³-hybridized carbons (Fsp3) is 0.211. The van der Waals surface area contributed by atoms with Crippen LogP contribution in [0.3, 0.4) is 0 Å². The first-order valence-corrected chi connectivity index (χ1v) is 8.09. The molecule has 5 nitrogen and oxygen atoms in total. The number of nitrogens with one attached hydrogen (secondary N) is 1. The summed E-state index contributed by atoms with van der Waals surface area (Å²) >= 11 is 0. The third-order valence-electron chi connectivity index (χ3n) is 4.31. The van der Waals surface area contributed by atoms with Crippen LogP contribution in [0.4, 0.5) is 5.69 Å². The van der Waals surface area contributed by atoms with Crippen molar-refractivity contribution in [2.45, 2.75) is 13.3 Å². The van der Waals surface area contributed by atoms with Crippen molar-refractivity contribution in [1.29, 1.82) is 0 Å². The first-order valence-electron chi connectivity index (χ1n) is 8.09. The number of benzene rings is 1. The number of rotatable bonds is 4. The van der Waals surface area contributed by atoms with Gasteiger partial charge in [0.15, 0.2) is 5.65 Å². The summed E-state index contributed by atoms with van der Waals surface area (Å²) in [6, 6.07) is 12.3. The van der Waals surface area contributed by atoms with Crippen molar-refractivity contribution in [1.82, 2.24) is 19.7 Å². The molecule has 0 amide bonds. The molecule has 0 bridgehead atoms. The molecule has 0 aliphatic rings. The van der Waals surface area contributed by atoms with Gasteiger partial charge in [-0.25, -0.2) is 4.98 Å². The summed E-state index contributed by atoms with van der Waals surface area (Å²) in [7, 11) is 1.94. The van der Waals surface area contributed by atoms with E-state index in [1.807, 2.05) is 43.2 Å². The molecule has 0 aliphatic heterocycles. The zero-order valence-corrected chi connectivity index (χ0v) is 15.0. The maximum absolute atomic E-state index is 4.78. The van der Waals surface area contributed by atoms with Gasteiger partial charge in [0.05, 0.1) is 22.3 Å². The number of hydrogen-bond donors (Lipinski definition) is 1. The molecule has 25 heavy (non-hydrogen) atoms. The molecule has 1 aromatic carbocycles. The van der Waals surface area contributed by atoms with Crippen LogP contribution in [-0.2, 0) is 13.5 Å². The maximum atomic E-state index is 4.78. The minimum atomic E-state index is 0. The highest BCUT2D eigenvalue weighted by atomic mass is 35.5. The van der Waals surface area contributed by atoms with Gasteiger partial charge in [0.1, 0.15) is 0 Å². The van der Waals surface area contributed by atoms with E-state index >= 15 is 0 Å². The average molecular weight is 354 g/mol. The molecular weight excluding hydrogens is 334 g/mol. The Kier molecular flexibility index (Phi) is 4.86. The van der Waals surface area contributed by atoms with E-state index in [1.54, 1.807) is 0 Å². The third-order valence-corrected chi connectivity index (χ3v) is 4.31. The van der Waals surface area contributed by atoms with E-state index < -0.39 is 0 Å². The topological polar surface area (TPSA) is 55.6 Å². The number of nitrogens with zero attached hydrogens (tertiary/aromatic N) is 4. The molecule has 1 N–H and O–H groups in total. The van der Waals surface area contributed by atoms with E-state index in [4.69, 9.17) is 4.98 Å². The average Bonchev–Trinajstić information content (AvgIpc) is 2.89. The summed E-state index contributed by atoms with van der Waals surface area (Å²) in [5.41, 5.74) is 5.29. The maximum Gasteiger partial charge on any atom is 0.160 e. The lowest BCUT2D eigenvalue weighted by Gasteiger charge is -2.12. The predicted octanol–water partition coefficient (Wildman–Crippen LogP) is 3.90. The Morgan fingerprint density at radius 1 is 1.08 bits per heavy atom. The van der Waals surface area contributed by atoms with Crippen LogP contribution in [0.15, 0.2) is 48.8 Å². The Bertz CT molecular complexity index is 1010. The highest BCUT2D eigenvalue weighted by Gasteiger charge is 2.15. The summed E-state index contributed by atoms with van der Waals surface area (Å²) < 4.78 is 1.85. The van der Waals surface area contributed by atoms with Crippen LogP contribution in [0.5, 0.6) is 0 Å². The number of pyridine rings is 2. The molecule has 0 fully saturated rings. The number of aromatic nitrogens is 4. The molecule has 128 valence electrons. The fourth-order valence-electron chi connectivity index (χ4n) is 3.16. The number of aryl methyl sites for hydroxylation is 2. The Morgan fingerprint density at radius 3 is 2.64 bits per heavy atom. The van der Waals surface area contributed by atoms with E-state index in [2.05, 4.69) is 39.7 Å². The molecule has 0 saturated carbocycles.